The molecule has 1 spiro atoms. The molecule has 0 radical (unpaired) electrons. The van der Waals surface area contributed by atoms with Crippen molar-refractivity contribution in [2.45, 2.75) is 103 Å². The van der Waals surface area contributed by atoms with Crippen LogP contribution in [0.3, 0.4) is 0 Å². The number of hydrogen-bond donors (Lipinski definition) is 0. The summed E-state index contributed by atoms with van der Waals surface area (Å²) in [5.41, 5.74) is -3.37. The minimum absolute atomic E-state index is 0.0261. The summed E-state index contributed by atoms with van der Waals surface area (Å²) in [6.45, 7) is 15.5. The molecule has 1 aliphatic heterocycles. The van der Waals surface area contributed by atoms with Gasteiger partial charge >= 0.3 is 23.9 Å². The van der Waals surface area contributed by atoms with Gasteiger partial charge in [0.25, 0.3) is 0 Å². The first-order chi connectivity index (χ1) is 21.0. The van der Waals surface area contributed by atoms with Gasteiger partial charge in [0.1, 0.15) is 18.3 Å². The van der Waals surface area contributed by atoms with E-state index in [1.165, 1.54) is 26.8 Å². The molecule has 9 atom stereocenters. The van der Waals surface area contributed by atoms with Gasteiger partial charge in [-0.05, 0) is 37.0 Å². The van der Waals surface area contributed by atoms with Crippen LogP contribution in [0.4, 0.5) is 0 Å². The van der Waals surface area contributed by atoms with E-state index >= 15 is 0 Å². The number of rotatable bonds is 6. The third kappa shape index (κ3) is 5.11. The summed E-state index contributed by atoms with van der Waals surface area (Å²) < 4.78 is 30.5. The van der Waals surface area contributed by atoms with E-state index < -0.39 is 82.2 Å². The molecular weight excluding hydrogens is 580 g/mol. The highest BCUT2D eigenvalue weighted by atomic mass is 16.7. The molecule has 0 amide bonds. The Morgan fingerprint density at radius 3 is 2.09 bits per heavy atom. The van der Waals surface area contributed by atoms with Crippen LogP contribution < -0.4 is 0 Å². The van der Waals surface area contributed by atoms with Crippen molar-refractivity contribution in [1.29, 1.82) is 0 Å². The van der Waals surface area contributed by atoms with Gasteiger partial charge in [0.2, 0.25) is 0 Å². The van der Waals surface area contributed by atoms with Gasteiger partial charge in [-0.25, -0.2) is 4.79 Å². The second kappa shape index (κ2) is 11.2. The van der Waals surface area contributed by atoms with Crippen molar-refractivity contribution in [3.05, 3.63) is 54.1 Å². The van der Waals surface area contributed by atoms with Crippen molar-refractivity contribution in [1.82, 2.24) is 0 Å². The smallest absolute Gasteiger partial charge is 0.331 e. The van der Waals surface area contributed by atoms with E-state index in [4.69, 9.17) is 23.7 Å². The number of ketones is 1. The summed E-state index contributed by atoms with van der Waals surface area (Å²) in [5.74, 6) is -3.99. The van der Waals surface area contributed by atoms with E-state index in [-0.39, 0.29) is 12.2 Å². The summed E-state index contributed by atoms with van der Waals surface area (Å²) in [5, 5.41) is 0. The molecule has 1 aromatic carbocycles. The van der Waals surface area contributed by atoms with Crippen LogP contribution in [0.2, 0.25) is 0 Å². The Kier molecular flexibility index (Phi) is 8.13. The fourth-order valence-corrected chi connectivity index (χ4v) is 8.64. The lowest BCUT2D eigenvalue weighted by Gasteiger charge is -2.60. The Balaban J connectivity index is 1.63. The summed E-state index contributed by atoms with van der Waals surface area (Å²) >= 11 is 0. The van der Waals surface area contributed by atoms with E-state index in [1.54, 1.807) is 13.0 Å². The fourth-order valence-electron chi connectivity index (χ4n) is 8.64. The summed E-state index contributed by atoms with van der Waals surface area (Å²) in [6, 6.07) is 9.31. The molecular formula is C35H42O10. The maximum absolute atomic E-state index is 13.8. The number of esters is 4. The first-order valence-electron chi connectivity index (χ1n) is 15.4. The lowest BCUT2D eigenvalue weighted by atomic mass is 9.46. The van der Waals surface area contributed by atoms with Gasteiger partial charge in [-0.15, -0.1) is 0 Å². The normalized spacial score (nSPS) is 38.1. The number of epoxide rings is 1. The first-order valence-corrected chi connectivity index (χ1v) is 15.4. The fraction of sp³-hybridized carbons (Fsp3) is 0.571. The number of hydrogen-bond acceptors (Lipinski definition) is 10. The molecule has 3 aliphatic carbocycles. The summed E-state index contributed by atoms with van der Waals surface area (Å²) in [6.07, 6.45) is -0.339. The molecule has 1 heterocycles. The zero-order valence-electron chi connectivity index (χ0n) is 26.9. The Morgan fingerprint density at radius 1 is 0.889 bits per heavy atom. The Labute approximate surface area is 263 Å². The van der Waals surface area contributed by atoms with Gasteiger partial charge in [-0.3, -0.25) is 19.2 Å². The minimum atomic E-state index is -1.37. The van der Waals surface area contributed by atoms with Crippen LogP contribution in [-0.4, -0.2) is 65.3 Å². The predicted molar refractivity (Wildman–Crippen MR) is 161 cm³/mol. The highest BCUT2D eigenvalue weighted by Crippen LogP contribution is 2.72. The van der Waals surface area contributed by atoms with E-state index in [2.05, 4.69) is 6.58 Å². The predicted octanol–water partition coefficient (Wildman–Crippen LogP) is 4.54. The average molecular weight is 623 g/mol. The summed E-state index contributed by atoms with van der Waals surface area (Å²) in [4.78, 5) is 65.0. The molecule has 1 aromatic rings. The lowest BCUT2D eigenvalue weighted by molar-refractivity contribution is -0.230. The molecule has 4 aliphatic rings. The molecule has 1 saturated heterocycles. The maximum Gasteiger partial charge on any atom is 0.331 e. The maximum atomic E-state index is 13.8. The molecule has 0 N–H and O–H groups in total. The topological polar surface area (TPSA) is 135 Å². The van der Waals surface area contributed by atoms with Gasteiger partial charge in [-0.2, -0.15) is 0 Å². The largest absolute Gasteiger partial charge is 0.462 e. The molecule has 5 rings (SSSR count). The number of benzene rings is 1. The monoisotopic (exact) mass is 622 g/mol. The van der Waals surface area contributed by atoms with Crippen LogP contribution >= 0.6 is 0 Å². The summed E-state index contributed by atoms with van der Waals surface area (Å²) in [7, 11) is 0. The van der Waals surface area contributed by atoms with Gasteiger partial charge in [0.05, 0.1) is 0 Å². The van der Waals surface area contributed by atoms with Gasteiger partial charge in [-0.1, -0.05) is 57.7 Å². The molecule has 3 saturated carbocycles. The average Bonchev–Trinajstić information content (AvgIpc) is 3.62. The van der Waals surface area contributed by atoms with E-state index in [1.807, 2.05) is 51.1 Å². The zero-order valence-corrected chi connectivity index (χ0v) is 26.9. The number of Topliss-reactive ketones (excluding diaryl/α,β-unsaturated/α-hetero) is 1. The Morgan fingerprint density at radius 2 is 1.49 bits per heavy atom. The van der Waals surface area contributed by atoms with Gasteiger partial charge in [0.15, 0.2) is 23.1 Å². The molecule has 242 valence electrons. The van der Waals surface area contributed by atoms with Crippen molar-refractivity contribution in [2.75, 3.05) is 0 Å². The highest BCUT2D eigenvalue weighted by molar-refractivity contribution is 5.94. The zero-order chi connectivity index (χ0) is 33.1. The van der Waals surface area contributed by atoms with Crippen molar-refractivity contribution >= 4 is 35.7 Å². The van der Waals surface area contributed by atoms with Crippen LogP contribution in [0.25, 0.3) is 6.08 Å². The quantitative estimate of drug-likeness (QED) is 0.146. The van der Waals surface area contributed by atoms with Gasteiger partial charge in [0, 0.05) is 55.9 Å². The van der Waals surface area contributed by atoms with E-state index in [0.29, 0.717) is 18.4 Å². The van der Waals surface area contributed by atoms with Gasteiger partial charge < -0.3 is 23.7 Å². The first kappa shape index (κ1) is 32.6. The molecule has 0 unspecified atom stereocenters. The third-order valence-electron chi connectivity index (χ3n) is 10.7. The molecule has 4 fully saturated rings. The van der Waals surface area contributed by atoms with Crippen LogP contribution in [0.5, 0.6) is 0 Å². The third-order valence-corrected chi connectivity index (χ3v) is 10.7. The lowest BCUT2D eigenvalue weighted by Crippen LogP contribution is -2.71. The molecule has 45 heavy (non-hydrogen) atoms. The Bertz CT molecular complexity index is 1460. The number of carbonyl (C=O) groups is 5. The second-order valence-electron chi connectivity index (χ2n) is 13.7. The van der Waals surface area contributed by atoms with Crippen LogP contribution in [0, 0.1) is 22.7 Å². The number of fused-ring (bicyclic) bond motifs is 2. The van der Waals surface area contributed by atoms with Crippen molar-refractivity contribution in [2.24, 2.45) is 22.7 Å². The minimum Gasteiger partial charge on any atom is -0.462 e. The second-order valence-corrected chi connectivity index (χ2v) is 13.7. The molecule has 10 nitrogen and oxygen atoms in total. The number of ether oxygens (including phenoxy) is 5. The Hall–Kier alpha value is -3.79. The molecule has 0 aromatic heterocycles. The number of carbonyl (C=O) groups excluding carboxylic acids is 5. The molecule has 10 heteroatoms. The van der Waals surface area contributed by atoms with Crippen LogP contribution in [0.15, 0.2) is 48.6 Å². The molecule has 2 bridgehead atoms. The highest BCUT2D eigenvalue weighted by Gasteiger charge is 2.88. The van der Waals surface area contributed by atoms with Crippen LogP contribution in [-0.2, 0) is 47.7 Å². The van der Waals surface area contributed by atoms with E-state index in [9.17, 15) is 24.0 Å². The SMILES string of the molecule is C=C1[C@@H](OC(=O)/C=C/c2ccccc2)CC[C@@]2(C)[C@@H](OC(C)=O)[C@H](OC(C)=O)[C@@]34O[C@]3(C)C(=O)C[C@@H]([C@@H](OC(C)=O)[C@H]12)C4(C)C. The van der Waals surface area contributed by atoms with Crippen molar-refractivity contribution in [3.63, 3.8) is 0 Å². The van der Waals surface area contributed by atoms with E-state index in [0.717, 1.165) is 5.56 Å². The van der Waals surface area contributed by atoms with Crippen molar-refractivity contribution in [3.8, 4) is 0 Å². The van der Waals surface area contributed by atoms with Crippen LogP contribution in [0.1, 0.15) is 73.3 Å². The standard InChI is InChI=1S/C35H42O10/c1-19-25(44-27(40)15-14-23-12-10-9-11-13-23)16-17-33(7)28(19)29(41-20(2)36)24-18-26(39)34(8)35(45-34,32(24,5)6)31(43-22(4)38)30(33)42-21(3)37/h9-15,24-25,28-31H,1,16-18H2,2-8H3/b15-14+/t24-,25-,28-,29+,30-,31-,33+,34+,35-/m0/s1. The van der Waals surface area contributed by atoms with Crippen molar-refractivity contribution < 1.29 is 47.7 Å².